The average molecular weight is 431 g/mol. The molecule has 30 heavy (non-hydrogen) atoms. The molecule has 0 spiro atoms. The molecule has 0 aliphatic rings. The summed E-state index contributed by atoms with van der Waals surface area (Å²) < 4.78 is 0. The molecule has 12 nitrogen and oxygen atoms in total. The predicted octanol–water partition coefficient (Wildman–Crippen LogP) is -1.87. The van der Waals surface area contributed by atoms with Gasteiger partial charge in [-0.05, 0) is 38.1 Å². The Bertz CT molecular complexity index is 612. The number of nitrogens with one attached hydrogen (secondary N) is 3. The largest absolute Gasteiger partial charge is 0.481 e. The van der Waals surface area contributed by atoms with Gasteiger partial charge in [-0.25, -0.2) is 4.79 Å². The van der Waals surface area contributed by atoms with Gasteiger partial charge in [0.25, 0.3) is 0 Å². The fraction of sp³-hybridized carbons (Fsp3) is 0.722. The van der Waals surface area contributed by atoms with Gasteiger partial charge < -0.3 is 37.6 Å². The van der Waals surface area contributed by atoms with Crippen molar-refractivity contribution < 1.29 is 34.2 Å². The molecule has 9 N–H and O–H groups in total. The van der Waals surface area contributed by atoms with Crippen LogP contribution < -0.4 is 27.4 Å². The maximum Gasteiger partial charge on any atom is 0.326 e. The van der Waals surface area contributed by atoms with Gasteiger partial charge in [0.15, 0.2) is 0 Å². The van der Waals surface area contributed by atoms with Crippen LogP contribution in [0.1, 0.15) is 46.0 Å². The van der Waals surface area contributed by atoms with E-state index in [1.54, 1.807) is 0 Å². The SMILES string of the molecule is CC(C)CC(NC(=O)CN)C(=O)NC(CCCCN)C(=O)NC(CC(=O)O)C(=O)O. The number of carboxylic acids is 2. The van der Waals surface area contributed by atoms with Crippen molar-refractivity contribution in [3.8, 4) is 0 Å². The Morgan fingerprint density at radius 3 is 1.87 bits per heavy atom. The van der Waals surface area contributed by atoms with Crippen LogP contribution in [0.2, 0.25) is 0 Å². The molecule has 0 aromatic heterocycles. The van der Waals surface area contributed by atoms with Gasteiger partial charge in [-0.2, -0.15) is 0 Å². The lowest BCUT2D eigenvalue weighted by Gasteiger charge is -2.25. The fourth-order valence-corrected chi connectivity index (χ4v) is 2.64. The minimum atomic E-state index is -1.65. The molecule has 3 atom stereocenters. The van der Waals surface area contributed by atoms with E-state index in [1.807, 2.05) is 13.8 Å². The summed E-state index contributed by atoms with van der Waals surface area (Å²) in [6.07, 6.45) is 0.679. The molecule has 0 fully saturated rings. The van der Waals surface area contributed by atoms with Gasteiger partial charge in [0, 0.05) is 0 Å². The van der Waals surface area contributed by atoms with Crippen LogP contribution in [0.3, 0.4) is 0 Å². The normalized spacial score (nSPS) is 13.8. The highest BCUT2D eigenvalue weighted by Gasteiger charge is 2.30. The second-order valence-electron chi connectivity index (χ2n) is 7.30. The number of nitrogens with two attached hydrogens (primary N) is 2. The minimum Gasteiger partial charge on any atom is -0.481 e. The van der Waals surface area contributed by atoms with Crippen LogP contribution in [-0.2, 0) is 24.0 Å². The van der Waals surface area contributed by atoms with E-state index in [-0.39, 0.29) is 18.9 Å². The second-order valence-corrected chi connectivity index (χ2v) is 7.30. The quantitative estimate of drug-likeness (QED) is 0.144. The number of carbonyl (C=O) groups excluding carboxylic acids is 3. The van der Waals surface area contributed by atoms with Crippen LogP contribution in [0, 0.1) is 5.92 Å². The average Bonchev–Trinajstić information content (AvgIpc) is 2.65. The van der Waals surface area contributed by atoms with Gasteiger partial charge in [0.1, 0.15) is 18.1 Å². The Labute approximate surface area is 175 Å². The van der Waals surface area contributed by atoms with E-state index >= 15 is 0 Å². The monoisotopic (exact) mass is 431 g/mol. The number of amides is 3. The van der Waals surface area contributed by atoms with E-state index in [1.165, 1.54) is 0 Å². The van der Waals surface area contributed by atoms with Crippen LogP contribution in [0.4, 0.5) is 0 Å². The minimum absolute atomic E-state index is 0.0512. The Morgan fingerprint density at radius 2 is 1.40 bits per heavy atom. The van der Waals surface area contributed by atoms with E-state index < -0.39 is 54.2 Å². The standard InChI is InChI=1S/C18H33N5O7/c1-10(2)7-12(21-14(24)9-20)17(28)22-11(5-3-4-6-19)16(27)23-13(18(29)30)8-15(25)26/h10-13H,3-9,19-20H2,1-2H3,(H,21,24)(H,22,28)(H,23,27)(H,25,26)(H,29,30). The molecule has 0 rings (SSSR count). The molecular formula is C18H33N5O7. The third-order valence-electron chi connectivity index (χ3n) is 4.12. The summed E-state index contributed by atoms with van der Waals surface area (Å²) in [6, 6.07) is -3.70. The Kier molecular flexibility index (Phi) is 13.0. The summed E-state index contributed by atoms with van der Waals surface area (Å²) >= 11 is 0. The molecule has 0 saturated heterocycles. The topological polar surface area (TPSA) is 214 Å². The maximum atomic E-state index is 12.7. The highest BCUT2D eigenvalue weighted by molar-refractivity contribution is 5.94. The molecular weight excluding hydrogens is 398 g/mol. The number of carbonyl (C=O) groups is 5. The van der Waals surface area contributed by atoms with Crippen molar-refractivity contribution in [3.05, 3.63) is 0 Å². The first-order valence-corrected chi connectivity index (χ1v) is 9.76. The van der Waals surface area contributed by atoms with E-state index in [4.69, 9.17) is 21.7 Å². The highest BCUT2D eigenvalue weighted by atomic mass is 16.4. The molecule has 172 valence electrons. The van der Waals surface area contributed by atoms with Crippen LogP contribution in [0.15, 0.2) is 0 Å². The van der Waals surface area contributed by atoms with Gasteiger partial charge in [0.2, 0.25) is 17.7 Å². The van der Waals surface area contributed by atoms with Gasteiger partial charge >= 0.3 is 11.9 Å². The van der Waals surface area contributed by atoms with Crippen molar-refractivity contribution in [1.82, 2.24) is 16.0 Å². The van der Waals surface area contributed by atoms with Crippen molar-refractivity contribution in [1.29, 1.82) is 0 Å². The van der Waals surface area contributed by atoms with E-state index in [2.05, 4.69) is 16.0 Å². The second kappa shape index (κ2) is 14.3. The van der Waals surface area contributed by atoms with Gasteiger partial charge in [-0.1, -0.05) is 13.8 Å². The zero-order chi connectivity index (χ0) is 23.3. The molecule has 3 amide bonds. The van der Waals surface area contributed by atoms with E-state index in [0.29, 0.717) is 25.8 Å². The Morgan fingerprint density at radius 1 is 0.833 bits per heavy atom. The summed E-state index contributed by atoms with van der Waals surface area (Å²) in [6.45, 7) is 3.76. The lowest BCUT2D eigenvalue weighted by atomic mass is 10.0. The van der Waals surface area contributed by atoms with Crippen molar-refractivity contribution in [2.24, 2.45) is 17.4 Å². The zero-order valence-electron chi connectivity index (χ0n) is 17.3. The molecule has 0 saturated carbocycles. The smallest absolute Gasteiger partial charge is 0.326 e. The van der Waals surface area contributed by atoms with Gasteiger partial charge in [0.05, 0.1) is 13.0 Å². The summed E-state index contributed by atoms with van der Waals surface area (Å²) in [5.41, 5.74) is 10.7. The van der Waals surface area contributed by atoms with Crippen molar-refractivity contribution in [2.75, 3.05) is 13.1 Å². The van der Waals surface area contributed by atoms with Crippen molar-refractivity contribution >= 4 is 29.7 Å². The van der Waals surface area contributed by atoms with Crippen LogP contribution >= 0.6 is 0 Å². The zero-order valence-corrected chi connectivity index (χ0v) is 17.3. The third-order valence-corrected chi connectivity index (χ3v) is 4.12. The maximum absolute atomic E-state index is 12.7. The summed E-state index contributed by atoms with van der Waals surface area (Å²) in [4.78, 5) is 58.9. The molecule has 3 unspecified atom stereocenters. The summed E-state index contributed by atoms with van der Waals surface area (Å²) in [5.74, 6) is -4.84. The number of hydrogen-bond donors (Lipinski definition) is 7. The predicted molar refractivity (Wildman–Crippen MR) is 107 cm³/mol. The number of aliphatic carboxylic acids is 2. The van der Waals surface area contributed by atoms with E-state index in [0.717, 1.165) is 0 Å². The lowest BCUT2D eigenvalue weighted by Crippen LogP contribution is -2.56. The highest BCUT2D eigenvalue weighted by Crippen LogP contribution is 2.08. The van der Waals surface area contributed by atoms with Crippen molar-refractivity contribution in [2.45, 2.75) is 64.1 Å². The number of rotatable bonds is 15. The molecule has 0 heterocycles. The molecule has 12 heteroatoms. The first-order chi connectivity index (χ1) is 14.0. The van der Waals surface area contributed by atoms with Crippen LogP contribution in [-0.4, -0.2) is 71.1 Å². The lowest BCUT2D eigenvalue weighted by molar-refractivity contribution is -0.147. The first-order valence-electron chi connectivity index (χ1n) is 9.76. The van der Waals surface area contributed by atoms with Crippen molar-refractivity contribution in [3.63, 3.8) is 0 Å². The van der Waals surface area contributed by atoms with Gasteiger partial charge in [-0.3, -0.25) is 19.2 Å². The summed E-state index contributed by atoms with van der Waals surface area (Å²) in [7, 11) is 0. The molecule has 0 aromatic carbocycles. The molecule has 0 radical (unpaired) electrons. The molecule has 0 bridgehead atoms. The Balaban J connectivity index is 5.37. The number of carboxylic acid groups (broad SMARTS) is 2. The van der Waals surface area contributed by atoms with E-state index in [9.17, 15) is 24.0 Å². The first kappa shape index (κ1) is 27.3. The Hall–Kier alpha value is -2.73. The molecule has 0 aliphatic heterocycles. The molecule has 0 aromatic rings. The number of hydrogen-bond acceptors (Lipinski definition) is 7. The van der Waals surface area contributed by atoms with Gasteiger partial charge in [-0.15, -0.1) is 0 Å². The fourth-order valence-electron chi connectivity index (χ4n) is 2.64. The van der Waals surface area contributed by atoms with Crippen LogP contribution in [0.5, 0.6) is 0 Å². The summed E-state index contributed by atoms with van der Waals surface area (Å²) in [5, 5.41) is 25.1. The number of unbranched alkanes of at least 4 members (excludes halogenated alkanes) is 1. The van der Waals surface area contributed by atoms with Crippen LogP contribution in [0.25, 0.3) is 0 Å². The third kappa shape index (κ3) is 11.3. The molecule has 0 aliphatic carbocycles.